The van der Waals surface area contributed by atoms with Gasteiger partial charge in [0.25, 0.3) is 0 Å². The zero-order chi connectivity index (χ0) is 12.4. The lowest BCUT2D eigenvalue weighted by Crippen LogP contribution is -2.08. The van der Waals surface area contributed by atoms with Gasteiger partial charge in [-0.3, -0.25) is 0 Å². The molecule has 2 aromatic heterocycles. The van der Waals surface area contributed by atoms with Crippen LogP contribution in [0.3, 0.4) is 0 Å². The molecule has 0 aliphatic rings. The monoisotopic (exact) mass is 298 g/mol. The van der Waals surface area contributed by atoms with Crippen LogP contribution in [0, 0.1) is 0 Å². The first kappa shape index (κ1) is 11.8. The molecule has 8 heteroatoms. The fraction of sp³-hybridized carbons (Fsp3) is 0.333. The molecule has 0 unspecified atom stereocenters. The zero-order valence-corrected chi connectivity index (χ0v) is 10.9. The quantitative estimate of drug-likeness (QED) is 0.915. The standard InChI is InChI=1S/C9H11BrN6O/c1-5(2)17-7-3-6(12-4-13-7)16-8(10)14-9(11)15-16/h3-5H,1-2H3,(H2,11,15). The first-order chi connectivity index (χ1) is 8.06. The predicted octanol–water partition coefficient (Wildman–Crippen LogP) is 1.19. The third kappa shape index (κ3) is 2.70. The Labute approximate surface area is 106 Å². The number of hydrogen-bond acceptors (Lipinski definition) is 6. The van der Waals surface area contributed by atoms with E-state index >= 15 is 0 Å². The van der Waals surface area contributed by atoms with E-state index in [0.29, 0.717) is 16.4 Å². The number of rotatable bonds is 3. The minimum atomic E-state index is 0.0435. The number of anilines is 1. The lowest BCUT2D eigenvalue weighted by atomic mass is 10.5. The van der Waals surface area contributed by atoms with E-state index in [-0.39, 0.29) is 12.1 Å². The highest BCUT2D eigenvalue weighted by Gasteiger charge is 2.10. The third-order valence-corrected chi connectivity index (χ3v) is 2.30. The summed E-state index contributed by atoms with van der Waals surface area (Å²) in [7, 11) is 0. The summed E-state index contributed by atoms with van der Waals surface area (Å²) in [5.41, 5.74) is 5.49. The fourth-order valence-corrected chi connectivity index (χ4v) is 1.65. The lowest BCUT2D eigenvalue weighted by Gasteiger charge is -2.08. The van der Waals surface area contributed by atoms with Gasteiger partial charge in [-0.1, -0.05) is 0 Å². The van der Waals surface area contributed by atoms with Crippen LogP contribution in [-0.4, -0.2) is 30.8 Å². The molecule has 17 heavy (non-hydrogen) atoms. The third-order valence-electron chi connectivity index (χ3n) is 1.79. The molecule has 0 amide bonds. The van der Waals surface area contributed by atoms with Gasteiger partial charge in [0.05, 0.1) is 6.10 Å². The van der Waals surface area contributed by atoms with E-state index in [0.717, 1.165) is 0 Å². The van der Waals surface area contributed by atoms with Crippen molar-refractivity contribution in [3.8, 4) is 11.7 Å². The Kier molecular flexibility index (Phi) is 3.23. The van der Waals surface area contributed by atoms with E-state index in [2.05, 4.69) is 36.0 Å². The fourth-order valence-electron chi connectivity index (χ4n) is 1.21. The second-order valence-corrected chi connectivity index (χ2v) is 4.24. The Hall–Kier alpha value is -1.70. The summed E-state index contributed by atoms with van der Waals surface area (Å²) in [6.07, 6.45) is 1.44. The van der Waals surface area contributed by atoms with E-state index < -0.39 is 0 Å². The van der Waals surface area contributed by atoms with Crippen molar-refractivity contribution in [2.45, 2.75) is 20.0 Å². The zero-order valence-electron chi connectivity index (χ0n) is 9.33. The van der Waals surface area contributed by atoms with Gasteiger partial charge in [-0.25, -0.2) is 9.97 Å². The molecular formula is C9H11BrN6O. The Morgan fingerprint density at radius 1 is 1.41 bits per heavy atom. The summed E-state index contributed by atoms with van der Waals surface area (Å²) in [6, 6.07) is 1.67. The first-order valence-electron chi connectivity index (χ1n) is 4.93. The molecule has 7 nitrogen and oxygen atoms in total. The van der Waals surface area contributed by atoms with Crippen LogP contribution >= 0.6 is 15.9 Å². The van der Waals surface area contributed by atoms with Gasteiger partial charge < -0.3 is 10.5 Å². The highest BCUT2D eigenvalue weighted by atomic mass is 79.9. The topological polar surface area (TPSA) is 91.7 Å². The van der Waals surface area contributed by atoms with Crippen LogP contribution in [0.1, 0.15) is 13.8 Å². The summed E-state index contributed by atoms with van der Waals surface area (Å²) in [5, 5.41) is 3.99. The average molecular weight is 299 g/mol. The Balaban J connectivity index is 2.36. The van der Waals surface area contributed by atoms with Crippen LogP contribution in [0.25, 0.3) is 5.82 Å². The van der Waals surface area contributed by atoms with Gasteiger partial charge in [-0.05, 0) is 29.8 Å². The minimum absolute atomic E-state index is 0.0435. The lowest BCUT2D eigenvalue weighted by molar-refractivity contribution is 0.232. The predicted molar refractivity (Wildman–Crippen MR) is 64.8 cm³/mol. The number of nitrogen functional groups attached to an aromatic ring is 1. The Bertz CT molecular complexity index is 526. The molecular weight excluding hydrogens is 288 g/mol. The maximum atomic E-state index is 5.49. The van der Waals surface area contributed by atoms with Crippen molar-refractivity contribution in [2.24, 2.45) is 0 Å². The van der Waals surface area contributed by atoms with Crippen LogP contribution in [-0.2, 0) is 0 Å². The molecule has 0 fully saturated rings. The Morgan fingerprint density at radius 2 is 2.18 bits per heavy atom. The average Bonchev–Trinajstić information content (AvgIpc) is 2.57. The number of aromatic nitrogens is 5. The largest absolute Gasteiger partial charge is 0.475 e. The second-order valence-electron chi connectivity index (χ2n) is 3.53. The van der Waals surface area contributed by atoms with Crippen molar-refractivity contribution in [2.75, 3.05) is 5.73 Å². The van der Waals surface area contributed by atoms with E-state index in [1.54, 1.807) is 6.07 Å². The maximum absolute atomic E-state index is 5.49. The van der Waals surface area contributed by atoms with E-state index in [1.165, 1.54) is 11.0 Å². The van der Waals surface area contributed by atoms with E-state index in [9.17, 15) is 0 Å². The van der Waals surface area contributed by atoms with Gasteiger partial charge in [0, 0.05) is 6.07 Å². The van der Waals surface area contributed by atoms with Gasteiger partial charge in [-0.15, -0.1) is 5.10 Å². The molecule has 2 aromatic rings. The number of ether oxygens (including phenoxy) is 1. The van der Waals surface area contributed by atoms with E-state index in [1.807, 2.05) is 13.8 Å². The molecule has 0 atom stereocenters. The van der Waals surface area contributed by atoms with Crippen LogP contribution in [0.2, 0.25) is 0 Å². The van der Waals surface area contributed by atoms with Gasteiger partial charge in [0.15, 0.2) is 5.82 Å². The molecule has 0 radical (unpaired) electrons. The van der Waals surface area contributed by atoms with Crippen molar-refractivity contribution in [1.29, 1.82) is 0 Å². The Morgan fingerprint density at radius 3 is 2.76 bits per heavy atom. The van der Waals surface area contributed by atoms with Crippen LogP contribution in [0.5, 0.6) is 5.88 Å². The highest BCUT2D eigenvalue weighted by Crippen LogP contribution is 2.16. The SMILES string of the molecule is CC(C)Oc1cc(-n2nc(N)nc2Br)ncn1. The number of halogens is 1. The summed E-state index contributed by atoms with van der Waals surface area (Å²) >= 11 is 3.24. The van der Waals surface area contributed by atoms with Gasteiger partial charge in [0.2, 0.25) is 16.6 Å². The molecule has 90 valence electrons. The van der Waals surface area contributed by atoms with Crippen molar-refractivity contribution in [3.05, 3.63) is 17.1 Å². The van der Waals surface area contributed by atoms with E-state index in [4.69, 9.17) is 10.5 Å². The first-order valence-corrected chi connectivity index (χ1v) is 5.72. The van der Waals surface area contributed by atoms with Crippen LogP contribution in [0.4, 0.5) is 5.95 Å². The molecule has 0 aromatic carbocycles. The molecule has 0 saturated heterocycles. The number of hydrogen-bond donors (Lipinski definition) is 1. The van der Waals surface area contributed by atoms with Crippen molar-refractivity contribution in [1.82, 2.24) is 24.7 Å². The molecule has 2 heterocycles. The summed E-state index contributed by atoms with van der Waals surface area (Å²) in [5.74, 6) is 1.18. The van der Waals surface area contributed by atoms with Crippen LogP contribution in [0.15, 0.2) is 17.1 Å². The number of nitrogens with zero attached hydrogens (tertiary/aromatic N) is 5. The molecule has 2 N–H and O–H groups in total. The smallest absolute Gasteiger partial charge is 0.240 e. The second kappa shape index (κ2) is 4.66. The molecule has 0 aliphatic carbocycles. The molecule has 0 spiro atoms. The van der Waals surface area contributed by atoms with Crippen molar-refractivity contribution in [3.63, 3.8) is 0 Å². The highest BCUT2D eigenvalue weighted by molar-refractivity contribution is 9.10. The van der Waals surface area contributed by atoms with Gasteiger partial charge in [0.1, 0.15) is 6.33 Å². The molecule has 2 rings (SSSR count). The summed E-state index contributed by atoms with van der Waals surface area (Å²) in [4.78, 5) is 12.0. The summed E-state index contributed by atoms with van der Waals surface area (Å²) in [6.45, 7) is 3.84. The molecule has 0 saturated carbocycles. The summed E-state index contributed by atoms with van der Waals surface area (Å²) < 4.78 is 7.40. The van der Waals surface area contributed by atoms with Gasteiger partial charge in [-0.2, -0.15) is 9.67 Å². The van der Waals surface area contributed by atoms with Crippen LogP contribution < -0.4 is 10.5 Å². The molecule has 0 aliphatic heterocycles. The van der Waals surface area contributed by atoms with Gasteiger partial charge >= 0.3 is 0 Å². The minimum Gasteiger partial charge on any atom is -0.475 e. The normalized spacial score (nSPS) is 10.8. The molecule has 0 bridgehead atoms. The maximum Gasteiger partial charge on any atom is 0.240 e. The number of nitrogens with two attached hydrogens (primary N) is 1. The van der Waals surface area contributed by atoms with Crippen molar-refractivity contribution < 1.29 is 4.74 Å². The van der Waals surface area contributed by atoms with Crippen molar-refractivity contribution >= 4 is 21.9 Å².